The molecular weight excluding hydrogens is 220 g/mol. The number of likely N-dealkylation sites (tertiary alicyclic amines) is 1. The Morgan fingerprint density at radius 2 is 1.83 bits per heavy atom. The predicted molar refractivity (Wildman–Crippen MR) is 81.0 cm³/mol. The molecule has 2 heteroatoms. The van der Waals surface area contributed by atoms with Gasteiger partial charge in [-0.3, -0.25) is 0 Å². The fourth-order valence-corrected chi connectivity index (χ4v) is 3.13. The van der Waals surface area contributed by atoms with Gasteiger partial charge in [-0.1, -0.05) is 34.6 Å². The van der Waals surface area contributed by atoms with Crippen LogP contribution in [0.2, 0.25) is 0 Å². The minimum atomic E-state index is 0.617. The molecule has 1 heterocycles. The van der Waals surface area contributed by atoms with Crippen LogP contribution in [0, 0.1) is 11.3 Å². The van der Waals surface area contributed by atoms with Crippen LogP contribution in [0.3, 0.4) is 0 Å². The van der Waals surface area contributed by atoms with Gasteiger partial charge in [-0.2, -0.15) is 0 Å². The van der Waals surface area contributed by atoms with E-state index in [1.807, 2.05) is 0 Å². The Hall–Kier alpha value is -0.0800. The van der Waals surface area contributed by atoms with Crippen molar-refractivity contribution in [1.29, 1.82) is 0 Å². The zero-order chi connectivity index (χ0) is 13.6. The van der Waals surface area contributed by atoms with Crippen LogP contribution in [-0.2, 0) is 0 Å². The van der Waals surface area contributed by atoms with Crippen molar-refractivity contribution in [1.82, 2.24) is 10.2 Å². The molecule has 1 atom stereocenters. The van der Waals surface area contributed by atoms with Gasteiger partial charge in [0.2, 0.25) is 0 Å². The largest absolute Gasteiger partial charge is 0.312 e. The van der Waals surface area contributed by atoms with E-state index in [0.717, 1.165) is 12.5 Å². The van der Waals surface area contributed by atoms with Gasteiger partial charge in [-0.05, 0) is 50.1 Å². The van der Waals surface area contributed by atoms with E-state index >= 15 is 0 Å². The van der Waals surface area contributed by atoms with E-state index < -0.39 is 0 Å². The van der Waals surface area contributed by atoms with Crippen LogP contribution in [-0.4, -0.2) is 37.1 Å². The quantitative estimate of drug-likeness (QED) is 0.713. The van der Waals surface area contributed by atoms with Crippen LogP contribution in [0.4, 0.5) is 0 Å². The summed E-state index contributed by atoms with van der Waals surface area (Å²) in [5.74, 6) is 0.731. The molecule has 1 aliphatic heterocycles. The average Bonchev–Trinajstić information content (AvgIpc) is 2.78. The molecule has 1 unspecified atom stereocenters. The first-order valence-electron chi connectivity index (χ1n) is 8.02. The van der Waals surface area contributed by atoms with E-state index in [0.29, 0.717) is 11.5 Å². The molecule has 0 bridgehead atoms. The maximum atomic E-state index is 3.72. The molecule has 1 aliphatic rings. The Balaban J connectivity index is 2.46. The number of nitrogens with one attached hydrogen (secondary N) is 1. The molecule has 1 N–H and O–H groups in total. The van der Waals surface area contributed by atoms with Gasteiger partial charge in [0, 0.05) is 19.1 Å². The lowest BCUT2D eigenvalue weighted by molar-refractivity contribution is 0.210. The first-order chi connectivity index (χ1) is 8.56. The second kappa shape index (κ2) is 7.49. The molecule has 2 nitrogen and oxygen atoms in total. The van der Waals surface area contributed by atoms with Crippen molar-refractivity contribution in [2.45, 2.75) is 66.3 Å². The lowest BCUT2D eigenvalue weighted by Gasteiger charge is -2.30. The van der Waals surface area contributed by atoms with E-state index in [9.17, 15) is 0 Å². The van der Waals surface area contributed by atoms with Gasteiger partial charge in [0.05, 0.1) is 0 Å². The van der Waals surface area contributed by atoms with Crippen molar-refractivity contribution in [3.05, 3.63) is 0 Å². The summed E-state index contributed by atoms with van der Waals surface area (Å²) < 4.78 is 0. The van der Waals surface area contributed by atoms with Crippen LogP contribution in [0.1, 0.15) is 60.3 Å². The fourth-order valence-electron chi connectivity index (χ4n) is 3.13. The van der Waals surface area contributed by atoms with Crippen LogP contribution < -0.4 is 5.32 Å². The van der Waals surface area contributed by atoms with E-state index in [1.165, 1.54) is 45.3 Å². The van der Waals surface area contributed by atoms with Crippen LogP contribution >= 0.6 is 0 Å². The molecule has 0 saturated carbocycles. The molecule has 0 amide bonds. The summed E-state index contributed by atoms with van der Waals surface area (Å²) in [5.41, 5.74) is 0.617. The Morgan fingerprint density at radius 3 is 2.28 bits per heavy atom. The van der Waals surface area contributed by atoms with E-state index in [1.54, 1.807) is 0 Å². The number of nitrogens with zero attached hydrogens (tertiary/aromatic N) is 1. The molecule has 1 rings (SSSR count). The van der Waals surface area contributed by atoms with Crippen molar-refractivity contribution in [3.8, 4) is 0 Å². The Bertz CT molecular complexity index is 221. The maximum absolute atomic E-state index is 3.72. The SMILES string of the molecule is CCCNC(CN1CCC(CC)(CC)C1)C(C)C. The Labute approximate surface area is 115 Å². The third-order valence-corrected chi connectivity index (χ3v) is 4.93. The van der Waals surface area contributed by atoms with Gasteiger partial charge in [-0.15, -0.1) is 0 Å². The van der Waals surface area contributed by atoms with Gasteiger partial charge < -0.3 is 10.2 Å². The zero-order valence-electron chi connectivity index (χ0n) is 13.3. The summed E-state index contributed by atoms with van der Waals surface area (Å²) in [5, 5.41) is 3.72. The standard InChI is InChI=1S/C16H34N2/c1-6-10-17-15(14(4)5)12-18-11-9-16(7-2,8-3)13-18/h14-15,17H,6-13H2,1-5H3. The topological polar surface area (TPSA) is 15.3 Å². The molecule has 0 aromatic heterocycles. The van der Waals surface area contributed by atoms with Gasteiger partial charge in [0.25, 0.3) is 0 Å². The zero-order valence-corrected chi connectivity index (χ0v) is 13.3. The molecule has 18 heavy (non-hydrogen) atoms. The second-order valence-electron chi connectivity index (χ2n) is 6.50. The smallest absolute Gasteiger partial charge is 0.0217 e. The van der Waals surface area contributed by atoms with Crippen LogP contribution in [0.25, 0.3) is 0 Å². The lowest BCUT2D eigenvalue weighted by Crippen LogP contribution is -2.44. The third kappa shape index (κ3) is 4.24. The highest BCUT2D eigenvalue weighted by Gasteiger charge is 2.35. The second-order valence-corrected chi connectivity index (χ2v) is 6.50. The van der Waals surface area contributed by atoms with Gasteiger partial charge in [-0.25, -0.2) is 0 Å². The number of hydrogen-bond donors (Lipinski definition) is 1. The van der Waals surface area contributed by atoms with Crippen molar-refractivity contribution in [2.24, 2.45) is 11.3 Å². The molecule has 1 fully saturated rings. The summed E-state index contributed by atoms with van der Waals surface area (Å²) in [4.78, 5) is 2.69. The summed E-state index contributed by atoms with van der Waals surface area (Å²) >= 11 is 0. The molecule has 108 valence electrons. The van der Waals surface area contributed by atoms with Crippen molar-refractivity contribution in [2.75, 3.05) is 26.2 Å². The van der Waals surface area contributed by atoms with E-state index in [-0.39, 0.29) is 0 Å². The van der Waals surface area contributed by atoms with E-state index in [2.05, 4.69) is 44.8 Å². The summed E-state index contributed by atoms with van der Waals surface area (Å²) in [6.45, 7) is 16.7. The lowest BCUT2D eigenvalue weighted by atomic mass is 9.82. The molecule has 0 aromatic carbocycles. The van der Waals surface area contributed by atoms with Crippen LogP contribution in [0.15, 0.2) is 0 Å². The van der Waals surface area contributed by atoms with Gasteiger partial charge >= 0.3 is 0 Å². The van der Waals surface area contributed by atoms with Gasteiger partial charge in [0.15, 0.2) is 0 Å². The fraction of sp³-hybridized carbons (Fsp3) is 1.00. The van der Waals surface area contributed by atoms with Crippen LogP contribution in [0.5, 0.6) is 0 Å². The molecule has 1 saturated heterocycles. The Morgan fingerprint density at radius 1 is 1.17 bits per heavy atom. The highest BCUT2D eigenvalue weighted by molar-refractivity contribution is 4.89. The van der Waals surface area contributed by atoms with Crippen molar-refractivity contribution >= 4 is 0 Å². The molecule has 0 aromatic rings. The third-order valence-electron chi connectivity index (χ3n) is 4.93. The Kier molecular flexibility index (Phi) is 6.65. The summed E-state index contributed by atoms with van der Waals surface area (Å²) in [7, 11) is 0. The van der Waals surface area contributed by atoms with Crippen molar-refractivity contribution in [3.63, 3.8) is 0 Å². The van der Waals surface area contributed by atoms with Gasteiger partial charge in [0.1, 0.15) is 0 Å². The monoisotopic (exact) mass is 254 g/mol. The molecule has 0 radical (unpaired) electrons. The highest BCUT2D eigenvalue weighted by Crippen LogP contribution is 2.37. The summed E-state index contributed by atoms with van der Waals surface area (Å²) in [6.07, 6.45) is 5.32. The first kappa shape index (κ1) is 16.0. The number of hydrogen-bond acceptors (Lipinski definition) is 2. The molecule has 0 spiro atoms. The van der Waals surface area contributed by atoms with E-state index in [4.69, 9.17) is 0 Å². The maximum Gasteiger partial charge on any atom is 0.0217 e. The summed E-state index contributed by atoms with van der Waals surface area (Å²) in [6, 6.07) is 0.662. The predicted octanol–water partition coefficient (Wildman–Crippen LogP) is 3.52. The van der Waals surface area contributed by atoms with Crippen molar-refractivity contribution < 1.29 is 0 Å². The molecule has 0 aliphatic carbocycles. The molecular formula is C16H34N2. The highest BCUT2D eigenvalue weighted by atomic mass is 15.2. The minimum absolute atomic E-state index is 0.617. The average molecular weight is 254 g/mol. The minimum Gasteiger partial charge on any atom is -0.312 e. The normalized spacial score (nSPS) is 21.7. The first-order valence-corrected chi connectivity index (χ1v) is 8.02. The number of rotatable bonds is 8.